The summed E-state index contributed by atoms with van der Waals surface area (Å²) in [5.74, 6) is -0.0614. The van der Waals surface area contributed by atoms with Gasteiger partial charge < -0.3 is 15.5 Å². The molecule has 2 aliphatic rings. The average Bonchev–Trinajstić information content (AvgIpc) is 2.93. The Labute approximate surface area is 155 Å². The fourth-order valence-corrected chi connectivity index (χ4v) is 3.91. The zero-order valence-corrected chi connectivity index (χ0v) is 16.0. The van der Waals surface area contributed by atoms with Crippen LogP contribution in [0.15, 0.2) is 24.3 Å². The van der Waals surface area contributed by atoms with Crippen LogP contribution < -0.4 is 10.6 Å². The number of hydrogen-bond donors (Lipinski definition) is 2. The van der Waals surface area contributed by atoms with Crippen molar-refractivity contribution in [2.75, 3.05) is 26.0 Å². The van der Waals surface area contributed by atoms with Crippen LogP contribution in [0.4, 0.5) is 5.69 Å². The first kappa shape index (κ1) is 18.8. The van der Waals surface area contributed by atoms with Gasteiger partial charge in [-0.3, -0.25) is 9.59 Å². The molecule has 0 aromatic heterocycles. The summed E-state index contributed by atoms with van der Waals surface area (Å²) in [6.45, 7) is 2.42. The SMILES string of the molecule is CC(=O)c1ccc2c(c1)C(=CCCNC1CCC(N(C)C)CC1)C(=O)N2. The van der Waals surface area contributed by atoms with Crippen molar-refractivity contribution < 1.29 is 9.59 Å². The van der Waals surface area contributed by atoms with Crippen molar-refractivity contribution in [1.82, 2.24) is 10.2 Å². The Hall–Kier alpha value is -1.98. The summed E-state index contributed by atoms with van der Waals surface area (Å²) >= 11 is 0. The number of nitrogens with zero attached hydrogens (tertiary/aromatic N) is 1. The molecule has 3 rings (SSSR count). The molecule has 2 N–H and O–H groups in total. The summed E-state index contributed by atoms with van der Waals surface area (Å²) in [5.41, 5.74) is 2.96. The van der Waals surface area contributed by atoms with E-state index in [1.165, 1.54) is 25.7 Å². The van der Waals surface area contributed by atoms with E-state index in [2.05, 4.69) is 29.6 Å². The molecule has 1 saturated carbocycles. The molecule has 1 aromatic carbocycles. The Morgan fingerprint density at radius 2 is 2.00 bits per heavy atom. The minimum Gasteiger partial charge on any atom is -0.321 e. The monoisotopic (exact) mass is 355 g/mol. The maximum absolute atomic E-state index is 12.2. The summed E-state index contributed by atoms with van der Waals surface area (Å²) < 4.78 is 0. The van der Waals surface area contributed by atoms with E-state index in [0.717, 1.165) is 24.2 Å². The second-order valence-electron chi connectivity index (χ2n) is 7.60. The smallest absolute Gasteiger partial charge is 0.256 e. The molecular weight excluding hydrogens is 326 g/mol. The van der Waals surface area contributed by atoms with Gasteiger partial charge in [-0.15, -0.1) is 0 Å². The summed E-state index contributed by atoms with van der Waals surface area (Å²) in [7, 11) is 4.32. The predicted octanol–water partition coefficient (Wildman–Crippen LogP) is 3.08. The normalized spacial score (nSPS) is 24.0. The van der Waals surface area contributed by atoms with Crippen LogP contribution >= 0.6 is 0 Å². The second-order valence-corrected chi connectivity index (χ2v) is 7.60. The lowest BCUT2D eigenvalue weighted by molar-refractivity contribution is -0.110. The summed E-state index contributed by atoms with van der Waals surface area (Å²) in [6.07, 6.45) is 7.71. The van der Waals surface area contributed by atoms with Crippen LogP contribution in [0.2, 0.25) is 0 Å². The van der Waals surface area contributed by atoms with Crippen molar-refractivity contribution in [3.05, 3.63) is 35.4 Å². The standard InChI is InChI=1S/C21H29N3O2/c1-14(25)15-6-11-20-19(13-15)18(21(26)23-20)5-4-12-22-16-7-9-17(10-8-16)24(2)3/h5-6,11,13,16-17,22H,4,7-10,12H2,1-3H3,(H,23,26). The van der Waals surface area contributed by atoms with Gasteiger partial charge in [0, 0.05) is 34.5 Å². The van der Waals surface area contributed by atoms with Crippen molar-refractivity contribution >= 4 is 23.0 Å². The highest BCUT2D eigenvalue weighted by Crippen LogP contribution is 2.32. The molecule has 26 heavy (non-hydrogen) atoms. The Kier molecular flexibility index (Phi) is 5.89. The van der Waals surface area contributed by atoms with E-state index in [1.54, 1.807) is 13.0 Å². The van der Waals surface area contributed by atoms with Gasteiger partial charge >= 0.3 is 0 Å². The van der Waals surface area contributed by atoms with Gasteiger partial charge in [-0.25, -0.2) is 0 Å². The molecule has 0 bridgehead atoms. The van der Waals surface area contributed by atoms with Crippen LogP contribution in [0.25, 0.3) is 5.57 Å². The number of Topliss-reactive ketones (excluding diaryl/α,β-unsaturated/α-hetero) is 1. The second kappa shape index (κ2) is 8.14. The number of fused-ring (bicyclic) bond motifs is 1. The molecule has 1 aliphatic carbocycles. The van der Waals surface area contributed by atoms with Crippen LogP contribution in [-0.4, -0.2) is 49.3 Å². The average molecular weight is 355 g/mol. The third-order valence-electron chi connectivity index (χ3n) is 5.56. The number of ketones is 1. The van der Waals surface area contributed by atoms with Crippen molar-refractivity contribution in [3.8, 4) is 0 Å². The largest absolute Gasteiger partial charge is 0.321 e. The molecule has 0 unspecified atom stereocenters. The molecule has 0 saturated heterocycles. The first-order valence-electron chi connectivity index (χ1n) is 9.52. The molecule has 0 atom stereocenters. The summed E-state index contributed by atoms with van der Waals surface area (Å²) in [6, 6.07) is 6.68. The highest BCUT2D eigenvalue weighted by molar-refractivity contribution is 6.31. The van der Waals surface area contributed by atoms with Gasteiger partial charge in [0.25, 0.3) is 5.91 Å². The number of rotatable bonds is 6. The lowest BCUT2D eigenvalue weighted by Gasteiger charge is -2.33. The predicted molar refractivity (Wildman–Crippen MR) is 105 cm³/mol. The molecule has 0 radical (unpaired) electrons. The number of hydrogen-bond acceptors (Lipinski definition) is 4. The zero-order chi connectivity index (χ0) is 18.7. The molecule has 1 amide bonds. The zero-order valence-electron chi connectivity index (χ0n) is 16.0. The number of carbonyl (C=O) groups excluding carboxylic acids is 2. The number of amides is 1. The van der Waals surface area contributed by atoms with E-state index in [4.69, 9.17) is 0 Å². The van der Waals surface area contributed by atoms with Crippen molar-refractivity contribution in [2.45, 2.75) is 51.1 Å². The third-order valence-corrected chi connectivity index (χ3v) is 5.56. The van der Waals surface area contributed by atoms with E-state index < -0.39 is 0 Å². The summed E-state index contributed by atoms with van der Waals surface area (Å²) in [4.78, 5) is 26.1. The minimum absolute atomic E-state index is 0.0153. The fourth-order valence-electron chi connectivity index (χ4n) is 3.91. The van der Waals surface area contributed by atoms with Crippen LogP contribution in [0.1, 0.15) is 54.9 Å². The van der Waals surface area contributed by atoms with Gasteiger partial charge in [-0.1, -0.05) is 6.08 Å². The summed E-state index contributed by atoms with van der Waals surface area (Å²) in [5, 5.41) is 6.50. The topological polar surface area (TPSA) is 61.4 Å². The molecule has 5 heteroatoms. The molecule has 140 valence electrons. The molecule has 5 nitrogen and oxygen atoms in total. The van der Waals surface area contributed by atoms with E-state index in [0.29, 0.717) is 23.2 Å². The van der Waals surface area contributed by atoms with Crippen LogP contribution in [-0.2, 0) is 4.79 Å². The highest BCUT2D eigenvalue weighted by atomic mass is 16.2. The fraction of sp³-hybridized carbons (Fsp3) is 0.524. The Morgan fingerprint density at radius 1 is 1.27 bits per heavy atom. The number of nitrogens with one attached hydrogen (secondary N) is 2. The maximum Gasteiger partial charge on any atom is 0.256 e. The Morgan fingerprint density at radius 3 is 2.65 bits per heavy atom. The van der Waals surface area contributed by atoms with Gasteiger partial charge in [0.1, 0.15) is 0 Å². The highest BCUT2D eigenvalue weighted by Gasteiger charge is 2.25. The lowest BCUT2D eigenvalue weighted by atomic mass is 9.90. The van der Waals surface area contributed by atoms with Gasteiger partial charge in [0.15, 0.2) is 5.78 Å². The van der Waals surface area contributed by atoms with Gasteiger partial charge in [-0.05, 0) is 77.9 Å². The number of carbonyl (C=O) groups is 2. The maximum atomic E-state index is 12.2. The van der Waals surface area contributed by atoms with E-state index >= 15 is 0 Å². The van der Waals surface area contributed by atoms with Crippen molar-refractivity contribution in [3.63, 3.8) is 0 Å². The van der Waals surface area contributed by atoms with Gasteiger partial charge in [0.05, 0.1) is 0 Å². The van der Waals surface area contributed by atoms with Gasteiger partial charge in [-0.2, -0.15) is 0 Å². The van der Waals surface area contributed by atoms with E-state index in [1.807, 2.05) is 18.2 Å². The molecule has 1 fully saturated rings. The lowest BCUT2D eigenvalue weighted by Crippen LogP contribution is -2.39. The molecular formula is C21H29N3O2. The first-order valence-corrected chi connectivity index (χ1v) is 9.52. The van der Waals surface area contributed by atoms with Gasteiger partial charge in [0.2, 0.25) is 0 Å². The minimum atomic E-state index is -0.0767. The first-order chi connectivity index (χ1) is 12.5. The number of anilines is 1. The Balaban J connectivity index is 1.54. The van der Waals surface area contributed by atoms with Crippen LogP contribution in [0.3, 0.4) is 0 Å². The Bertz CT molecular complexity index is 716. The molecule has 1 aliphatic heterocycles. The third kappa shape index (κ3) is 4.22. The van der Waals surface area contributed by atoms with Crippen molar-refractivity contribution in [1.29, 1.82) is 0 Å². The van der Waals surface area contributed by atoms with Crippen LogP contribution in [0, 0.1) is 0 Å². The van der Waals surface area contributed by atoms with E-state index in [-0.39, 0.29) is 11.7 Å². The molecule has 1 heterocycles. The molecule has 0 spiro atoms. The number of benzene rings is 1. The quantitative estimate of drug-likeness (QED) is 0.468. The van der Waals surface area contributed by atoms with Crippen molar-refractivity contribution in [2.24, 2.45) is 0 Å². The van der Waals surface area contributed by atoms with E-state index in [9.17, 15) is 9.59 Å². The molecule has 1 aromatic rings. The van der Waals surface area contributed by atoms with Crippen LogP contribution in [0.5, 0.6) is 0 Å².